The second-order valence-corrected chi connectivity index (χ2v) is 7.49. The summed E-state index contributed by atoms with van der Waals surface area (Å²) in [5.41, 5.74) is 4.04. The van der Waals surface area contributed by atoms with E-state index in [9.17, 15) is 0 Å². The van der Waals surface area contributed by atoms with Crippen molar-refractivity contribution in [1.82, 2.24) is 19.4 Å². The van der Waals surface area contributed by atoms with E-state index in [0.717, 1.165) is 18.4 Å². The summed E-state index contributed by atoms with van der Waals surface area (Å²) in [6, 6.07) is 9.88. The summed E-state index contributed by atoms with van der Waals surface area (Å²) in [6.07, 6.45) is 4.62. The highest BCUT2D eigenvalue weighted by Gasteiger charge is 2.34. The number of pyridine rings is 1. The molecule has 0 N–H and O–H groups in total. The molecule has 2 aromatic heterocycles. The lowest BCUT2D eigenvalue weighted by molar-refractivity contribution is 0.0539. The first-order valence-corrected chi connectivity index (χ1v) is 9.21. The van der Waals surface area contributed by atoms with Crippen molar-refractivity contribution in [3.63, 3.8) is 0 Å². The second kappa shape index (κ2) is 6.34. The van der Waals surface area contributed by atoms with Gasteiger partial charge in [0.15, 0.2) is 0 Å². The van der Waals surface area contributed by atoms with Gasteiger partial charge in [-0.15, -0.1) is 0 Å². The molecule has 4 heterocycles. The van der Waals surface area contributed by atoms with Gasteiger partial charge in [0.25, 0.3) is 0 Å². The van der Waals surface area contributed by atoms with Gasteiger partial charge < -0.3 is 4.57 Å². The zero-order valence-electron chi connectivity index (χ0n) is 15.1. The highest BCUT2D eigenvalue weighted by Crippen LogP contribution is 2.27. The first-order valence-electron chi connectivity index (χ1n) is 9.21. The van der Waals surface area contributed by atoms with Crippen molar-refractivity contribution in [2.24, 2.45) is 0 Å². The molecule has 2 aliphatic rings. The molecule has 0 aromatic carbocycles. The minimum atomic E-state index is 0.636. The van der Waals surface area contributed by atoms with Crippen LogP contribution in [0, 0.1) is 13.8 Å². The lowest BCUT2D eigenvalue weighted by Gasteiger charge is -2.42. The Morgan fingerprint density at radius 3 is 2.88 bits per heavy atom. The maximum absolute atomic E-state index is 4.53. The van der Waals surface area contributed by atoms with Gasteiger partial charge in [-0.25, -0.2) is 4.98 Å². The van der Waals surface area contributed by atoms with Gasteiger partial charge in [0, 0.05) is 49.3 Å². The van der Waals surface area contributed by atoms with E-state index in [2.05, 4.69) is 58.3 Å². The van der Waals surface area contributed by atoms with Gasteiger partial charge in [-0.2, -0.15) is 0 Å². The first-order chi connectivity index (χ1) is 11.6. The third kappa shape index (κ3) is 2.78. The fraction of sp³-hybridized carbons (Fsp3) is 0.550. The molecule has 4 rings (SSSR count). The van der Waals surface area contributed by atoms with Crippen molar-refractivity contribution in [3.8, 4) is 5.82 Å². The lowest BCUT2D eigenvalue weighted by Crippen LogP contribution is -2.54. The molecule has 2 aromatic rings. The Morgan fingerprint density at radius 2 is 2.08 bits per heavy atom. The Morgan fingerprint density at radius 1 is 1.21 bits per heavy atom. The van der Waals surface area contributed by atoms with Crippen LogP contribution in [0.25, 0.3) is 5.82 Å². The van der Waals surface area contributed by atoms with E-state index >= 15 is 0 Å². The monoisotopic (exact) mass is 324 g/mol. The topological polar surface area (TPSA) is 24.3 Å². The number of hydrogen-bond acceptors (Lipinski definition) is 3. The molecule has 24 heavy (non-hydrogen) atoms. The molecular formula is C20H28N4. The molecule has 2 atom stereocenters. The van der Waals surface area contributed by atoms with Gasteiger partial charge in [0.05, 0.1) is 0 Å². The number of aromatic nitrogens is 2. The Balaban J connectivity index is 1.57. The molecule has 2 aliphatic heterocycles. The molecule has 2 fully saturated rings. The summed E-state index contributed by atoms with van der Waals surface area (Å²) in [6.45, 7) is 11.6. The van der Waals surface area contributed by atoms with E-state index in [1.54, 1.807) is 0 Å². The van der Waals surface area contributed by atoms with Crippen LogP contribution in [-0.2, 0) is 6.54 Å². The molecule has 4 nitrogen and oxygen atoms in total. The normalized spacial score (nSPS) is 25.1. The summed E-state index contributed by atoms with van der Waals surface area (Å²) < 4.78 is 2.28. The van der Waals surface area contributed by atoms with Crippen LogP contribution in [0.15, 0.2) is 30.5 Å². The van der Waals surface area contributed by atoms with Crippen LogP contribution in [0.1, 0.15) is 36.7 Å². The zero-order valence-corrected chi connectivity index (χ0v) is 15.1. The number of fused-ring (bicyclic) bond motifs is 1. The molecule has 2 saturated heterocycles. The largest absolute Gasteiger partial charge is 0.303 e. The van der Waals surface area contributed by atoms with Gasteiger partial charge in [-0.05, 0) is 63.9 Å². The molecule has 0 radical (unpaired) electrons. The predicted octanol–water partition coefficient (Wildman–Crippen LogP) is 3.16. The molecule has 4 heteroatoms. The van der Waals surface area contributed by atoms with Crippen LogP contribution in [0.3, 0.4) is 0 Å². The number of aryl methyl sites for hydroxylation is 1. The summed E-state index contributed by atoms with van der Waals surface area (Å²) in [7, 11) is 0. The maximum Gasteiger partial charge on any atom is 0.136 e. The highest BCUT2D eigenvalue weighted by molar-refractivity contribution is 5.36. The quantitative estimate of drug-likeness (QED) is 0.867. The predicted molar refractivity (Wildman–Crippen MR) is 97.5 cm³/mol. The van der Waals surface area contributed by atoms with Gasteiger partial charge in [0.2, 0.25) is 0 Å². The zero-order chi connectivity index (χ0) is 16.7. The summed E-state index contributed by atoms with van der Waals surface area (Å²) >= 11 is 0. The highest BCUT2D eigenvalue weighted by atomic mass is 15.3. The first kappa shape index (κ1) is 15.9. The molecular weight excluding hydrogens is 296 g/mol. The Labute approximate surface area is 145 Å². The van der Waals surface area contributed by atoms with Crippen molar-refractivity contribution < 1.29 is 0 Å². The second-order valence-electron chi connectivity index (χ2n) is 7.49. The van der Waals surface area contributed by atoms with Crippen molar-refractivity contribution in [3.05, 3.63) is 47.4 Å². The van der Waals surface area contributed by atoms with Crippen LogP contribution in [0.4, 0.5) is 0 Å². The molecule has 0 spiro atoms. The molecule has 0 aliphatic carbocycles. The SMILES string of the molecule is Cc1cc(CN2CC3CCCN3C[C@@H]2C)c(C)n1-c1ccccn1. The van der Waals surface area contributed by atoms with Crippen LogP contribution in [-0.4, -0.2) is 51.1 Å². The lowest BCUT2D eigenvalue weighted by atomic mass is 10.1. The number of rotatable bonds is 3. The third-order valence-corrected chi connectivity index (χ3v) is 5.85. The third-order valence-electron chi connectivity index (χ3n) is 5.85. The average Bonchev–Trinajstić information content (AvgIpc) is 3.13. The van der Waals surface area contributed by atoms with Crippen LogP contribution in [0.2, 0.25) is 0 Å². The van der Waals surface area contributed by atoms with Crippen molar-refractivity contribution in [2.75, 3.05) is 19.6 Å². The van der Waals surface area contributed by atoms with Crippen molar-refractivity contribution >= 4 is 0 Å². The van der Waals surface area contributed by atoms with Gasteiger partial charge in [0.1, 0.15) is 5.82 Å². The van der Waals surface area contributed by atoms with Gasteiger partial charge >= 0.3 is 0 Å². The number of hydrogen-bond donors (Lipinski definition) is 0. The van der Waals surface area contributed by atoms with Crippen LogP contribution in [0.5, 0.6) is 0 Å². The van der Waals surface area contributed by atoms with E-state index in [1.165, 1.54) is 49.4 Å². The fourth-order valence-electron chi connectivity index (χ4n) is 4.51. The van der Waals surface area contributed by atoms with Crippen LogP contribution < -0.4 is 0 Å². The van der Waals surface area contributed by atoms with E-state index < -0.39 is 0 Å². The Kier molecular flexibility index (Phi) is 4.19. The van der Waals surface area contributed by atoms with Crippen LogP contribution >= 0.6 is 0 Å². The van der Waals surface area contributed by atoms with E-state index in [1.807, 2.05) is 12.3 Å². The molecule has 0 amide bonds. The molecule has 128 valence electrons. The standard InChI is InChI=1S/C20H28N4/c1-15-11-18(17(3)24(15)20-8-4-5-9-21-20)13-23-14-19-7-6-10-22(19)12-16(23)2/h4-5,8-9,11,16,19H,6-7,10,12-14H2,1-3H3/t16-,19?/m0/s1. The molecule has 1 unspecified atom stereocenters. The summed E-state index contributed by atoms with van der Waals surface area (Å²) in [5, 5.41) is 0. The number of nitrogens with zero attached hydrogens (tertiary/aromatic N) is 4. The fourth-order valence-corrected chi connectivity index (χ4v) is 4.51. The minimum Gasteiger partial charge on any atom is -0.303 e. The van der Waals surface area contributed by atoms with E-state index in [0.29, 0.717) is 6.04 Å². The van der Waals surface area contributed by atoms with Gasteiger partial charge in [-0.1, -0.05) is 6.07 Å². The van der Waals surface area contributed by atoms with Crippen molar-refractivity contribution in [2.45, 2.75) is 52.2 Å². The molecule has 0 bridgehead atoms. The molecule has 0 saturated carbocycles. The van der Waals surface area contributed by atoms with E-state index in [-0.39, 0.29) is 0 Å². The number of piperazine rings is 1. The smallest absolute Gasteiger partial charge is 0.136 e. The van der Waals surface area contributed by atoms with Crippen molar-refractivity contribution in [1.29, 1.82) is 0 Å². The Hall–Kier alpha value is -1.65. The minimum absolute atomic E-state index is 0.636. The maximum atomic E-state index is 4.53. The van der Waals surface area contributed by atoms with Gasteiger partial charge in [-0.3, -0.25) is 9.80 Å². The average molecular weight is 324 g/mol. The summed E-state index contributed by atoms with van der Waals surface area (Å²) in [5.74, 6) is 1.02. The summed E-state index contributed by atoms with van der Waals surface area (Å²) in [4.78, 5) is 9.90. The van der Waals surface area contributed by atoms with E-state index in [4.69, 9.17) is 0 Å². The Bertz CT molecular complexity index is 706.